The zero-order valence-corrected chi connectivity index (χ0v) is 21.0. The Hall–Kier alpha value is -3.82. The van der Waals surface area contributed by atoms with E-state index in [1.165, 1.54) is 0 Å². The number of aromatic nitrogens is 2. The summed E-state index contributed by atoms with van der Waals surface area (Å²) in [5, 5.41) is 23.7. The van der Waals surface area contributed by atoms with Crippen LogP contribution in [0.2, 0.25) is 0 Å². The average molecular weight is 513 g/mol. The third-order valence-electron chi connectivity index (χ3n) is 6.91. The minimum Gasteiger partial charge on any atom is -0.392 e. The Labute approximate surface area is 219 Å². The quantitative estimate of drug-likeness (QED) is 0.236. The molecule has 188 valence electrons. The Bertz CT molecular complexity index is 1430. The Morgan fingerprint density at radius 2 is 1.51 bits per heavy atom. The molecule has 0 radical (unpaired) electrons. The molecule has 0 bridgehead atoms. The number of carbonyl (C=O) groups excluding carboxylic acids is 1. The summed E-state index contributed by atoms with van der Waals surface area (Å²) < 4.78 is 0. The van der Waals surface area contributed by atoms with Crippen molar-refractivity contribution < 1.29 is 9.90 Å². The molecule has 1 aliphatic carbocycles. The van der Waals surface area contributed by atoms with Crippen molar-refractivity contribution >= 4 is 40.5 Å². The summed E-state index contributed by atoms with van der Waals surface area (Å²) in [6, 6.07) is 24.6. The summed E-state index contributed by atoms with van der Waals surface area (Å²) in [5.41, 5.74) is 2.90. The van der Waals surface area contributed by atoms with Gasteiger partial charge in [0.2, 0.25) is 5.95 Å². The highest BCUT2D eigenvalue weighted by Gasteiger charge is 2.40. The molecule has 8 nitrogen and oxygen atoms in total. The molecule has 2 amide bonds. The average Bonchev–Trinajstić information content (AvgIpc) is 3.45. The molecule has 1 saturated carbocycles. The van der Waals surface area contributed by atoms with E-state index in [4.69, 9.17) is 9.97 Å². The van der Waals surface area contributed by atoms with Gasteiger partial charge >= 0.3 is 6.03 Å². The molecule has 4 aromatic rings. The van der Waals surface area contributed by atoms with E-state index in [1.807, 2.05) is 60.7 Å². The van der Waals surface area contributed by atoms with E-state index in [1.54, 1.807) is 11.8 Å². The maximum Gasteiger partial charge on any atom is 0.315 e. The predicted octanol–water partition coefficient (Wildman–Crippen LogP) is 4.51. The van der Waals surface area contributed by atoms with Crippen molar-refractivity contribution in [2.75, 3.05) is 10.6 Å². The summed E-state index contributed by atoms with van der Waals surface area (Å²) in [5.74, 6) is 1.35. The Morgan fingerprint density at radius 3 is 2.27 bits per heavy atom. The number of anilines is 2. The van der Waals surface area contributed by atoms with Gasteiger partial charge in [-0.1, -0.05) is 60.3 Å². The standard InChI is InChI=1S/C28H28N6O2S/c35-16-18-8-2-6-12-25(18)37-24-11-5-1-7-17(24)15-29-27-31-21-10-4-3-9-20(21)26(34-27)30-19-13-22-23(14-19)33-28(36)32-22/h1-12,19,22-23,35H,13-16H2,(H2,32,33,36)(H2,29,30,31,34). The molecule has 2 unspecified atom stereocenters. The highest BCUT2D eigenvalue weighted by atomic mass is 32.2. The van der Waals surface area contributed by atoms with Crippen LogP contribution >= 0.6 is 11.8 Å². The second-order valence-electron chi connectivity index (χ2n) is 9.39. The fourth-order valence-electron chi connectivity index (χ4n) is 5.09. The first-order valence-electron chi connectivity index (χ1n) is 12.4. The molecule has 9 heteroatoms. The maximum atomic E-state index is 11.6. The summed E-state index contributed by atoms with van der Waals surface area (Å²) >= 11 is 1.65. The van der Waals surface area contributed by atoms with Crippen LogP contribution in [0.3, 0.4) is 0 Å². The van der Waals surface area contributed by atoms with Gasteiger partial charge in [-0.05, 0) is 48.2 Å². The summed E-state index contributed by atoms with van der Waals surface area (Å²) in [6.07, 6.45) is 1.70. The van der Waals surface area contributed by atoms with Gasteiger partial charge in [0.05, 0.1) is 24.2 Å². The van der Waals surface area contributed by atoms with Crippen LogP contribution in [0.4, 0.5) is 16.6 Å². The van der Waals surface area contributed by atoms with Crippen molar-refractivity contribution in [2.45, 2.75) is 53.9 Å². The van der Waals surface area contributed by atoms with E-state index in [2.05, 4.69) is 33.4 Å². The molecule has 1 saturated heterocycles. The highest BCUT2D eigenvalue weighted by molar-refractivity contribution is 7.99. The second-order valence-corrected chi connectivity index (χ2v) is 10.5. The number of hydrogen-bond acceptors (Lipinski definition) is 7. The van der Waals surface area contributed by atoms with Crippen LogP contribution in [0.5, 0.6) is 0 Å². The molecule has 2 atom stereocenters. The van der Waals surface area contributed by atoms with E-state index in [9.17, 15) is 9.90 Å². The molecule has 0 spiro atoms. The van der Waals surface area contributed by atoms with Crippen LogP contribution in [0.15, 0.2) is 82.6 Å². The molecule has 1 aliphatic heterocycles. The van der Waals surface area contributed by atoms with E-state index in [0.29, 0.717) is 12.5 Å². The maximum absolute atomic E-state index is 11.6. The molecular weight excluding hydrogens is 484 g/mol. The lowest BCUT2D eigenvalue weighted by molar-refractivity contribution is 0.246. The molecule has 2 fully saturated rings. The normalized spacial score (nSPS) is 20.4. The number of aliphatic hydroxyl groups excluding tert-OH is 1. The van der Waals surface area contributed by atoms with Crippen LogP contribution < -0.4 is 21.3 Å². The number of aliphatic hydroxyl groups is 1. The van der Waals surface area contributed by atoms with Gasteiger partial charge in [-0.2, -0.15) is 4.98 Å². The third kappa shape index (κ3) is 5.05. The lowest BCUT2D eigenvalue weighted by Crippen LogP contribution is -2.30. The molecule has 6 rings (SSSR count). The number of para-hydroxylation sites is 1. The van der Waals surface area contributed by atoms with E-state index < -0.39 is 0 Å². The predicted molar refractivity (Wildman–Crippen MR) is 146 cm³/mol. The van der Waals surface area contributed by atoms with Crippen LogP contribution in [0, 0.1) is 0 Å². The van der Waals surface area contributed by atoms with Crippen molar-refractivity contribution in [3.8, 4) is 0 Å². The SMILES string of the molecule is O=C1NC2CC(Nc3nc(NCc4ccccc4Sc4ccccc4CO)nc4ccccc34)CC2N1. The van der Waals surface area contributed by atoms with E-state index in [-0.39, 0.29) is 30.8 Å². The smallest absolute Gasteiger partial charge is 0.315 e. The number of carbonyl (C=O) groups is 1. The van der Waals surface area contributed by atoms with Crippen LogP contribution in [0.1, 0.15) is 24.0 Å². The first-order valence-corrected chi connectivity index (χ1v) is 13.3. The van der Waals surface area contributed by atoms with Gasteiger partial charge in [0.15, 0.2) is 0 Å². The van der Waals surface area contributed by atoms with Crippen molar-refractivity contribution in [3.05, 3.63) is 83.9 Å². The number of nitrogens with one attached hydrogen (secondary N) is 4. The Balaban J connectivity index is 1.21. The first-order chi connectivity index (χ1) is 18.2. The van der Waals surface area contributed by atoms with Crippen molar-refractivity contribution in [1.82, 2.24) is 20.6 Å². The fourth-order valence-corrected chi connectivity index (χ4v) is 6.15. The number of benzene rings is 3. The lowest BCUT2D eigenvalue weighted by atomic mass is 10.2. The van der Waals surface area contributed by atoms with E-state index >= 15 is 0 Å². The van der Waals surface area contributed by atoms with Gasteiger partial charge < -0.3 is 26.4 Å². The molecule has 1 aromatic heterocycles. The van der Waals surface area contributed by atoms with Crippen LogP contribution in [-0.2, 0) is 13.2 Å². The molecule has 3 aromatic carbocycles. The van der Waals surface area contributed by atoms with Crippen LogP contribution in [-0.4, -0.2) is 39.2 Å². The zero-order valence-electron chi connectivity index (χ0n) is 20.1. The Kier molecular flexibility index (Phi) is 6.55. The summed E-state index contributed by atoms with van der Waals surface area (Å²) in [4.78, 5) is 23.4. The summed E-state index contributed by atoms with van der Waals surface area (Å²) in [6.45, 7) is 0.570. The first kappa shape index (κ1) is 23.6. The molecule has 37 heavy (non-hydrogen) atoms. The van der Waals surface area contributed by atoms with Gasteiger partial charge in [0.25, 0.3) is 0 Å². The molecule has 5 N–H and O–H groups in total. The lowest BCUT2D eigenvalue weighted by Gasteiger charge is -2.17. The van der Waals surface area contributed by atoms with Gasteiger partial charge in [-0.3, -0.25) is 0 Å². The topological polar surface area (TPSA) is 111 Å². The van der Waals surface area contributed by atoms with Gasteiger partial charge in [0.1, 0.15) is 5.82 Å². The number of fused-ring (bicyclic) bond motifs is 2. The summed E-state index contributed by atoms with van der Waals surface area (Å²) in [7, 11) is 0. The Morgan fingerprint density at radius 1 is 0.865 bits per heavy atom. The molecular formula is C28H28N6O2S. The number of hydrogen-bond donors (Lipinski definition) is 5. The minimum atomic E-state index is -0.0780. The number of amides is 2. The molecule has 2 heterocycles. The van der Waals surface area contributed by atoms with Crippen molar-refractivity contribution in [2.24, 2.45) is 0 Å². The number of rotatable bonds is 8. The van der Waals surface area contributed by atoms with Crippen LogP contribution in [0.25, 0.3) is 10.9 Å². The fraction of sp³-hybridized carbons (Fsp3) is 0.250. The van der Waals surface area contributed by atoms with Crippen molar-refractivity contribution in [1.29, 1.82) is 0 Å². The van der Waals surface area contributed by atoms with Gasteiger partial charge in [-0.15, -0.1) is 0 Å². The second kappa shape index (κ2) is 10.3. The monoisotopic (exact) mass is 512 g/mol. The zero-order chi connectivity index (χ0) is 25.2. The molecule has 2 aliphatic rings. The van der Waals surface area contributed by atoms with Gasteiger partial charge in [-0.25, -0.2) is 9.78 Å². The van der Waals surface area contributed by atoms with E-state index in [0.717, 1.165) is 50.5 Å². The minimum absolute atomic E-state index is 0.00914. The highest BCUT2D eigenvalue weighted by Crippen LogP contribution is 2.34. The van der Waals surface area contributed by atoms with Gasteiger partial charge in [0, 0.05) is 27.8 Å². The largest absolute Gasteiger partial charge is 0.392 e. The number of urea groups is 1. The number of nitrogens with zero attached hydrogens (tertiary/aromatic N) is 2. The van der Waals surface area contributed by atoms with Crippen molar-refractivity contribution in [3.63, 3.8) is 0 Å². The third-order valence-corrected chi connectivity index (χ3v) is 8.15.